The highest BCUT2D eigenvalue weighted by Gasteiger charge is 2.23. The van der Waals surface area contributed by atoms with Gasteiger partial charge in [-0.3, -0.25) is 0 Å². The highest BCUT2D eigenvalue weighted by atomic mass is 35.5. The molecule has 0 aliphatic carbocycles. The summed E-state index contributed by atoms with van der Waals surface area (Å²) in [5.41, 5.74) is 8.32. The molecule has 0 unspecified atom stereocenters. The fourth-order valence-corrected chi connectivity index (χ4v) is 2.97. The van der Waals surface area contributed by atoms with E-state index in [1.54, 1.807) is 7.11 Å². The Hall–Kier alpha value is -2.07. The van der Waals surface area contributed by atoms with Crippen LogP contribution in [0.4, 0.5) is 0 Å². The van der Waals surface area contributed by atoms with Gasteiger partial charge in [0.05, 0.1) is 19.3 Å². The van der Waals surface area contributed by atoms with E-state index < -0.39 is 12.1 Å². The SMILES string of the molecule is COc1ccc2ccccc2c1[C@H](N)[C@H](O)Cc1ccccc1.Cl. The van der Waals surface area contributed by atoms with E-state index in [4.69, 9.17) is 10.5 Å². The summed E-state index contributed by atoms with van der Waals surface area (Å²) in [6.07, 6.45) is -0.175. The number of fused-ring (bicyclic) bond motifs is 1. The van der Waals surface area contributed by atoms with E-state index >= 15 is 0 Å². The average Bonchev–Trinajstić information content (AvgIpc) is 2.61. The monoisotopic (exact) mass is 343 g/mol. The molecule has 0 aromatic heterocycles. The van der Waals surface area contributed by atoms with Gasteiger partial charge in [-0.05, 0) is 22.4 Å². The largest absolute Gasteiger partial charge is 0.496 e. The Balaban J connectivity index is 0.00000208. The number of halogens is 1. The molecule has 0 aliphatic heterocycles. The van der Waals surface area contributed by atoms with Gasteiger partial charge >= 0.3 is 0 Å². The second-order valence-electron chi connectivity index (χ2n) is 5.69. The maximum absolute atomic E-state index is 10.6. The Morgan fingerprint density at radius 1 is 0.958 bits per heavy atom. The summed E-state index contributed by atoms with van der Waals surface area (Å²) < 4.78 is 5.48. The van der Waals surface area contributed by atoms with Gasteiger partial charge < -0.3 is 15.6 Å². The third kappa shape index (κ3) is 3.70. The molecule has 0 spiro atoms. The van der Waals surface area contributed by atoms with Gasteiger partial charge in [0.2, 0.25) is 0 Å². The van der Waals surface area contributed by atoms with Crippen LogP contribution in [0.25, 0.3) is 10.8 Å². The van der Waals surface area contributed by atoms with Crippen LogP contribution < -0.4 is 10.5 Å². The number of rotatable bonds is 5. The van der Waals surface area contributed by atoms with Gasteiger partial charge in [-0.2, -0.15) is 0 Å². The normalized spacial score (nSPS) is 13.1. The first-order valence-electron chi connectivity index (χ1n) is 7.74. The quantitative estimate of drug-likeness (QED) is 0.739. The minimum absolute atomic E-state index is 0. The first kappa shape index (κ1) is 18.3. The number of aliphatic hydroxyl groups is 1. The summed E-state index contributed by atoms with van der Waals surface area (Å²) in [7, 11) is 1.63. The number of benzene rings is 3. The Labute approximate surface area is 148 Å². The van der Waals surface area contributed by atoms with Crippen LogP contribution in [-0.4, -0.2) is 18.3 Å². The van der Waals surface area contributed by atoms with Gasteiger partial charge in [0.1, 0.15) is 5.75 Å². The maximum Gasteiger partial charge on any atom is 0.124 e. The predicted octanol–water partition coefficient (Wildman–Crippen LogP) is 3.87. The summed E-state index contributed by atoms with van der Waals surface area (Å²) in [6.45, 7) is 0. The number of hydrogen-bond donors (Lipinski definition) is 2. The smallest absolute Gasteiger partial charge is 0.124 e. The molecule has 0 saturated carbocycles. The van der Waals surface area contributed by atoms with Gasteiger partial charge in [0.15, 0.2) is 0 Å². The zero-order valence-corrected chi connectivity index (χ0v) is 14.4. The summed E-state index contributed by atoms with van der Waals surface area (Å²) in [6, 6.07) is 21.3. The second kappa shape index (κ2) is 8.15. The number of aliphatic hydroxyl groups excluding tert-OH is 1. The second-order valence-corrected chi connectivity index (χ2v) is 5.69. The molecule has 24 heavy (non-hydrogen) atoms. The van der Waals surface area contributed by atoms with Crippen molar-refractivity contribution in [2.75, 3.05) is 7.11 Å². The molecule has 0 heterocycles. The predicted molar refractivity (Wildman–Crippen MR) is 101 cm³/mol. The van der Waals surface area contributed by atoms with Crippen molar-refractivity contribution in [1.82, 2.24) is 0 Å². The van der Waals surface area contributed by atoms with Crippen molar-refractivity contribution in [2.24, 2.45) is 5.73 Å². The Morgan fingerprint density at radius 3 is 2.33 bits per heavy atom. The van der Waals surface area contributed by atoms with Crippen LogP contribution in [0.2, 0.25) is 0 Å². The van der Waals surface area contributed by atoms with E-state index in [2.05, 4.69) is 0 Å². The van der Waals surface area contributed by atoms with Crippen molar-refractivity contribution in [3.63, 3.8) is 0 Å². The topological polar surface area (TPSA) is 55.5 Å². The Morgan fingerprint density at radius 2 is 1.62 bits per heavy atom. The van der Waals surface area contributed by atoms with E-state index in [0.29, 0.717) is 12.2 Å². The molecule has 3 rings (SSSR count). The first-order chi connectivity index (χ1) is 11.2. The third-order valence-electron chi connectivity index (χ3n) is 4.19. The fraction of sp³-hybridized carbons (Fsp3) is 0.200. The van der Waals surface area contributed by atoms with Gasteiger partial charge in [-0.15, -0.1) is 12.4 Å². The van der Waals surface area contributed by atoms with E-state index in [0.717, 1.165) is 21.9 Å². The van der Waals surface area contributed by atoms with E-state index in [1.807, 2.05) is 66.7 Å². The van der Waals surface area contributed by atoms with Crippen LogP contribution in [0.5, 0.6) is 5.75 Å². The lowest BCUT2D eigenvalue weighted by Crippen LogP contribution is -2.28. The molecule has 0 fully saturated rings. The lowest BCUT2D eigenvalue weighted by molar-refractivity contribution is 0.144. The standard InChI is InChI=1S/C20H21NO2.ClH/c1-23-18-12-11-15-9-5-6-10-16(15)19(18)20(21)17(22)13-14-7-3-2-4-8-14;/h2-12,17,20,22H,13,21H2,1H3;1H/t17-,20-;/m1./s1. The first-order valence-corrected chi connectivity index (χ1v) is 7.74. The minimum atomic E-state index is -0.683. The van der Waals surface area contributed by atoms with Crippen LogP contribution in [-0.2, 0) is 6.42 Å². The van der Waals surface area contributed by atoms with Crippen LogP contribution in [0.3, 0.4) is 0 Å². The van der Waals surface area contributed by atoms with Crippen molar-refractivity contribution in [3.8, 4) is 5.75 Å². The van der Waals surface area contributed by atoms with Gasteiger partial charge in [0, 0.05) is 12.0 Å². The number of methoxy groups -OCH3 is 1. The highest BCUT2D eigenvalue weighted by molar-refractivity contribution is 5.88. The van der Waals surface area contributed by atoms with Crippen LogP contribution in [0.1, 0.15) is 17.2 Å². The van der Waals surface area contributed by atoms with Crippen LogP contribution >= 0.6 is 12.4 Å². The molecule has 0 bridgehead atoms. The van der Waals surface area contributed by atoms with Crippen molar-refractivity contribution in [3.05, 3.63) is 77.9 Å². The summed E-state index contributed by atoms with van der Waals surface area (Å²) in [4.78, 5) is 0. The molecule has 3 N–H and O–H groups in total. The highest BCUT2D eigenvalue weighted by Crippen LogP contribution is 2.34. The molecule has 0 aliphatic rings. The van der Waals surface area contributed by atoms with E-state index in [9.17, 15) is 5.11 Å². The summed E-state index contributed by atoms with van der Waals surface area (Å²) in [5.74, 6) is 0.711. The molecule has 4 heteroatoms. The zero-order chi connectivity index (χ0) is 16.2. The summed E-state index contributed by atoms with van der Waals surface area (Å²) in [5, 5.41) is 12.7. The van der Waals surface area contributed by atoms with E-state index in [-0.39, 0.29) is 12.4 Å². The lowest BCUT2D eigenvalue weighted by atomic mass is 9.92. The molecule has 3 nitrogen and oxygen atoms in total. The fourth-order valence-electron chi connectivity index (χ4n) is 2.97. The van der Waals surface area contributed by atoms with Gasteiger partial charge in [-0.25, -0.2) is 0 Å². The molecule has 0 saturated heterocycles. The van der Waals surface area contributed by atoms with Crippen molar-refractivity contribution in [1.29, 1.82) is 0 Å². The van der Waals surface area contributed by atoms with Crippen molar-refractivity contribution < 1.29 is 9.84 Å². The average molecular weight is 344 g/mol. The van der Waals surface area contributed by atoms with Crippen molar-refractivity contribution >= 4 is 23.2 Å². The molecule has 3 aromatic carbocycles. The molecule has 126 valence electrons. The summed E-state index contributed by atoms with van der Waals surface area (Å²) >= 11 is 0. The van der Waals surface area contributed by atoms with Crippen LogP contribution in [0.15, 0.2) is 66.7 Å². The maximum atomic E-state index is 10.6. The Bertz CT molecular complexity index is 792. The molecule has 2 atom stereocenters. The molecule has 3 aromatic rings. The molecular weight excluding hydrogens is 322 g/mol. The molecule has 0 amide bonds. The van der Waals surface area contributed by atoms with Crippen molar-refractivity contribution in [2.45, 2.75) is 18.6 Å². The van der Waals surface area contributed by atoms with Crippen LogP contribution in [0, 0.1) is 0 Å². The molecular formula is C20H22ClNO2. The lowest BCUT2D eigenvalue weighted by Gasteiger charge is -2.23. The number of ether oxygens (including phenoxy) is 1. The third-order valence-corrected chi connectivity index (χ3v) is 4.19. The zero-order valence-electron chi connectivity index (χ0n) is 13.6. The number of hydrogen-bond acceptors (Lipinski definition) is 3. The Kier molecular flexibility index (Phi) is 6.21. The van der Waals surface area contributed by atoms with Gasteiger partial charge in [0.25, 0.3) is 0 Å². The van der Waals surface area contributed by atoms with Gasteiger partial charge in [-0.1, -0.05) is 60.7 Å². The molecule has 0 radical (unpaired) electrons. The van der Waals surface area contributed by atoms with E-state index in [1.165, 1.54) is 0 Å². The minimum Gasteiger partial charge on any atom is -0.496 e. The number of nitrogens with two attached hydrogens (primary N) is 1.